The van der Waals surface area contributed by atoms with Gasteiger partial charge in [-0.3, -0.25) is 14.5 Å². The van der Waals surface area contributed by atoms with Crippen molar-refractivity contribution in [3.8, 4) is 0 Å². The average Bonchev–Trinajstić information content (AvgIpc) is 3.54. The fourth-order valence-corrected chi connectivity index (χ4v) is 4.27. The summed E-state index contributed by atoms with van der Waals surface area (Å²) in [5, 5.41) is 10.2. The molecule has 0 bridgehead atoms. The number of nitrogens with zero attached hydrogens (tertiary/aromatic N) is 4. The fourth-order valence-electron chi connectivity index (χ4n) is 4.27. The molecule has 212 valence electrons. The quantitative estimate of drug-likeness (QED) is 0.593. The van der Waals surface area contributed by atoms with Crippen LogP contribution in [0.1, 0.15) is 78.7 Å². The Kier molecular flexibility index (Phi) is 8.85. The molecule has 38 heavy (non-hydrogen) atoms. The van der Waals surface area contributed by atoms with Crippen LogP contribution in [0.25, 0.3) is 0 Å². The van der Waals surface area contributed by atoms with Crippen molar-refractivity contribution in [2.24, 2.45) is 0 Å². The van der Waals surface area contributed by atoms with Crippen LogP contribution in [-0.2, 0) is 20.4 Å². The van der Waals surface area contributed by atoms with Gasteiger partial charge in [-0.1, -0.05) is 51.9 Å². The van der Waals surface area contributed by atoms with Crippen LogP contribution in [0.4, 0.5) is 20.4 Å². The number of amides is 2. The Hall–Kier alpha value is -3.02. The van der Waals surface area contributed by atoms with Crippen molar-refractivity contribution in [2.45, 2.75) is 90.0 Å². The molecule has 0 radical (unpaired) electrons. The zero-order chi connectivity index (χ0) is 28.3. The number of carbonyl (C=O) groups is 2. The summed E-state index contributed by atoms with van der Waals surface area (Å²) in [6.45, 7) is 12.2. The van der Waals surface area contributed by atoms with Crippen LogP contribution in [0, 0.1) is 0 Å². The highest BCUT2D eigenvalue weighted by Gasteiger charge is 2.40. The zero-order valence-electron chi connectivity index (χ0n) is 23.1. The summed E-state index contributed by atoms with van der Waals surface area (Å²) in [7, 11) is 0. The van der Waals surface area contributed by atoms with Crippen molar-refractivity contribution in [3.05, 3.63) is 23.7 Å². The number of rotatable bonds is 4. The second-order valence-corrected chi connectivity index (χ2v) is 12.1. The predicted octanol–water partition coefficient (Wildman–Crippen LogP) is 4.19. The standard InChI is InChI=1S/C19H28F2N4O3.C7H12N2O/c1-18(2,3)14-10-15(23-28-14)22-17(27)13-6-4-5-8-25(13)16(26)11-24-9-7-19(20,21)12-24;1-7(2,3)5-4-6(8)9-10-5/h10,13H,4-9,11-12H2,1-3H3,(H,22,23,27);4H,1-3H3,(H2,8,9)/t13-;/m0./s1. The summed E-state index contributed by atoms with van der Waals surface area (Å²) < 4.78 is 37.0. The number of nitrogen functional groups attached to an aromatic ring is 1. The van der Waals surface area contributed by atoms with Crippen molar-refractivity contribution in [2.75, 3.05) is 37.2 Å². The van der Waals surface area contributed by atoms with Gasteiger partial charge in [0, 0.05) is 42.5 Å². The van der Waals surface area contributed by atoms with Crippen LogP contribution in [0.3, 0.4) is 0 Å². The smallest absolute Gasteiger partial charge is 0.261 e. The maximum Gasteiger partial charge on any atom is 0.261 e. The van der Waals surface area contributed by atoms with Crippen molar-refractivity contribution < 1.29 is 27.4 Å². The van der Waals surface area contributed by atoms with Gasteiger partial charge < -0.3 is 25.0 Å². The molecule has 1 atom stereocenters. The van der Waals surface area contributed by atoms with E-state index in [-0.39, 0.29) is 42.2 Å². The summed E-state index contributed by atoms with van der Waals surface area (Å²) >= 11 is 0. The Morgan fingerprint density at radius 3 is 2.18 bits per heavy atom. The Bertz CT molecular complexity index is 1100. The number of hydrogen-bond donors (Lipinski definition) is 2. The number of piperidine rings is 1. The molecule has 2 saturated heterocycles. The number of halogens is 2. The monoisotopic (exact) mass is 538 g/mol. The highest BCUT2D eigenvalue weighted by molar-refractivity contribution is 5.96. The van der Waals surface area contributed by atoms with Gasteiger partial charge in [0.2, 0.25) is 11.8 Å². The van der Waals surface area contributed by atoms with E-state index in [0.717, 1.165) is 18.6 Å². The molecule has 0 aliphatic carbocycles. The molecule has 2 aliphatic rings. The number of alkyl halides is 2. The van der Waals surface area contributed by atoms with E-state index in [2.05, 4.69) is 15.6 Å². The first-order valence-electron chi connectivity index (χ1n) is 13.0. The number of anilines is 2. The third kappa shape index (κ3) is 7.99. The molecule has 3 N–H and O–H groups in total. The molecular formula is C26H40F2N6O4. The maximum absolute atomic E-state index is 13.4. The summed E-state index contributed by atoms with van der Waals surface area (Å²) in [6, 6.07) is 2.80. The van der Waals surface area contributed by atoms with Crippen LogP contribution in [0.15, 0.2) is 21.2 Å². The number of nitrogens with two attached hydrogens (primary N) is 1. The largest absolute Gasteiger partial charge is 0.381 e. The Labute approximate surface area is 222 Å². The minimum Gasteiger partial charge on any atom is -0.381 e. The lowest BCUT2D eigenvalue weighted by Crippen LogP contribution is -2.52. The molecule has 0 aromatic carbocycles. The molecular weight excluding hydrogens is 498 g/mol. The third-order valence-corrected chi connectivity index (χ3v) is 6.50. The highest BCUT2D eigenvalue weighted by Crippen LogP contribution is 2.28. The minimum absolute atomic E-state index is 0.00458. The van der Waals surface area contributed by atoms with Crippen LogP contribution in [0.5, 0.6) is 0 Å². The summed E-state index contributed by atoms with van der Waals surface area (Å²) in [6.07, 6.45) is 1.93. The van der Waals surface area contributed by atoms with Gasteiger partial charge in [-0.05, 0) is 19.3 Å². The molecule has 12 heteroatoms. The number of likely N-dealkylation sites (tertiary alicyclic amines) is 2. The lowest BCUT2D eigenvalue weighted by atomic mass is 9.93. The summed E-state index contributed by atoms with van der Waals surface area (Å²) in [4.78, 5) is 28.4. The molecule has 2 aromatic heterocycles. The first kappa shape index (κ1) is 29.5. The Morgan fingerprint density at radius 1 is 1.05 bits per heavy atom. The second-order valence-electron chi connectivity index (χ2n) is 12.1. The first-order valence-corrected chi connectivity index (χ1v) is 13.0. The lowest BCUT2D eigenvalue weighted by molar-refractivity contribution is -0.141. The second kappa shape index (κ2) is 11.4. The average molecular weight is 539 g/mol. The molecule has 0 spiro atoms. The molecule has 2 aromatic rings. The fraction of sp³-hybridized carbons (Fsp3) is 0.692. The lowest BCUT2D eigenvalue weighted by Gasteiger charge is -2.35. The van der Waals surface area contributed by atoms with Gasteiger partial charge >= 0.3 is 0 Å². The Morgan fingerprint density at radius 2 is 1.68 bits per heavy atom. The molecule has 0 saturated carbocycles. The molecule has 2 fully saturated rings. The van der Waals surface area contributed by atoms with E-state index in [9.17, 15) is 18.4 Å². The van der Waals surface area contributed by atoms with E-state index in [1.54, 1.807) is 12.1 Å². The van der Waals surface area contributed by atoms with Gasteiger partial charge in [-0.2, -0.15) is 0 Å². The van der Waals surface area contributed by atoms with E-state index >= 15 is 0 Å². The molecule has 4 heterocycles. The summed E-state index contributed by atoms with van der Waals surface area (Å²) in [5.41, 5.74) is 5.14. The number of aromatic nitrogens is 2. The van der Waals surface area contributed by atoms with Gasteiger partial charge in [0.05, 0.1) is 13.1 Å². The van der Waals surface area contributed by atoms with Gasteiger partial charge in [-0.15, -0.1) is 0 Å². The predicted molar refractivity (Wildman–Crippen MR) is 139 cm³/mol. The number of carbonyl (C=O) groups excluding carboxylic acids is 2. The molecule has 10 nitrogen and oxygen atoms in total. The minimum atomic E-state index is -2.74. The molecule has 0 unspecified atom stereocenters. The van der Waals surface area contributed by atoms with Crippen molar-refractivity contribution in [3.63, 3.8) is 0 Å². The van der Waals surface area contributed by atoms with E-state index in [1.165, 1.54) is 9.80 Å². The highest BCUT2D eigenvalue weighted by atomic mass is 19.3. The van der Waals surface area contributed by atoms with E-state index < -0.39 is 18.5 Å². The van der Waals surface area contributed by atoms with Crippen LogP contribution in [-0.4, -0.2) is 70.1 Å². The van der Waals surface area contributed by atoms with Gasteiger partial charge in [0.15, 0.2) is 11.6 Å². The zero-order valence-corrected chi connectivity index (χ0v) is 23.1. The molecule has 4 rings (SSSR count). The van der Waals surface area contributed by atoms with E-state index in [0.29, 0.717) is 30.4 Å². The van der Waals surface area contributed by atoms with Gasteiger partial charge in [0.1, 0.15) is 17.6 Å². The van der Waals surface area contributed by atoms with E-state index in [4.69, 9.17) is 14.8 Å². The Balaban J connectivity index is 0.000000336. The SMILES string of the molecule is CC(C)(C)c1cc(N)no1.CC(C)(C)c1cc(NC(=O)[C@@H]2CCCCN2C(=O)CN2CCC(F)(F)C2)no1. The first-order chi connectivity index (χ1) is 17.5. The normalized spacial score (nSPS) is 20.1. The van der Waals surface area contributed by atoms with Crippen LogP contribution in [0.2, 0.25) is 0 Å². The van der Waals surface area contributed by atoms with Gasteiger partial charge in [0.25, 0.3) is 5.92 Å². The van der Waals surface area contributed by atoms with Crippen LogP contribution < -0.4 is 11.1 Å². The topological polar surface area (TPSA) is 131 Å². The molecule has 2 amide bonds. The number of nitrogens with one attached hydrogen (secondary N) is 1. The summed E-state index contributed by atoms with van der Waals surface area (Å²) in [5.74, 6) is -1.12. The van der Waals surface area contributed by atoms with E-state index in [1.807, 2.05) is 41.5 Å². The van der Waals surface area contributed by atoms with Crippen LogP contribution >= 0.6 is 0 Å². The van der Waals surface area contributed by atoms with Crippen molar-refractivity contribution in [1.82, 2.24) is 20.1 Å². The molecule has 2 aliphatic heterocycles. The third-order valence-electron chi connectivity index (χ3n) is 6.50. The number of hydrogen-bond acceptors (Lipinski definition) is 8. The maximum atomic E-state index is 13.4. The van der Waals surface area contributed by atoms with Crippen molar-refractivity contribution in [1.29, 1.82) is 0 Å². The van der Waals surface area contributed by atoms with Crippen molar-refractivity contribution >= 4 is 23.5 Å². The van der Waals surface area contributed by atoms with Gasteiger partial charge in [-0.25, -0.2) is 8.78 Å².